The minimum absolute atomic E-state index is 0.0502. The van der Waals surface area contributed by atoms with Gasteiger partial charge in [-0.1, -0.05) is 29.3 Å². The Morgan fingerprint density at radius 3 is 2.56 bits per heavy atom. The fraction of sp³-hybridized carbons (Fsp3) is 0.394. The van der Waals surface area contributed by atoms with Crippen molar-refractivity contribution in [3.05, 3.63) is 80.1 Å². The number of aryl methyl sites for hydroxylation is 1. The Morgan fingerprint density at radius 2 is 1.81 bits per heavy atom. The molecule has 2 fully saturated rings. The molecule has 0 bridgehead atoms. The number of benzene rings is 2. The number of hydrogen-bond donors (Lipinski definition) is 2. The molecular weight excluding hydrogens is 603 g/mol. The summed E-state index contributed by atoms with van der Waals surface area (Å²) >= 11 is 12.6. The molecule has 10 heteroatoms. The molecule has 3 aliphatic heterocycles. The number of carbonyl (C=O) groups excluding carboxylic acids is 2. The Kier molecular flexibility index (Phi) is 8.83. The number of aromatic amines is 1. The largest absolute Gasteiger partial charge is 0.358 e. The van der Waals surface area contributed by atoms with Crippen LogP contribution < -0.4 is 5.32 Å². The van der Waals surface area contributed by atoms with Gasteiger partial charge in [0, 0.05) is 62.8 Å². The zero-order chi connectivity index (χ0) is 30.2. The Morgan fingerprint density at radius 1 is 1.07 bits per heavy atom. The van der Waals surface area contributed by atoms with E-state index in [-0.39, 0.29) is 17.6 Å². The molecule has 2 saturated heterocycles. The van der Waals surface area contributed by atoms with E-state index in [9.17, 15) is 13.8 Å². The molecule has 1 unspecified atom stereocenters. The van der Waals surface area contributed by atoms with Gasteiger partial charge in [-0.05, 0) is 101 Å². The van der Waals surface area contributed by atoms with Crippen LogP contribution in [0.25, 0.3) is 11.6 Å². The summed E-state index contributed by atoms with van der Waals surface area (Å²) in [6, 6.07) is 10.5. The molecule has 0 spiro atoms. The second-order valence-electron chi connectivity index (χ2n) is 11.8. The van der Waals surface area contributed by atoms with Crippen LogP contribution in [-0.4, -0.2) is 63.5 Å². The van der Waals surface area contributed by atoms with Gasteiger partial charge in [0.25, 0.3) is 11.8 Å². The maximum Gasteiger partial charge on any atom is 0.256 e. The molecule has 2 N–H and O–H groups in total. The van der Waals surface area contributed by atoms with Gasteiger partial charge in [0.1, 0.15) is 0 Å². The number of likely N-dealkylation sites (tertiary alicyclic amines) is 2. The van der Waals surface area contributed by atoms with Crippen molar-refractivity contribution in [3.8, 4) is 0 Å². The molecule has 226 valence electrons. The first-order valence-corrected chi connectivity index (χ1v) is 17.0. The SMILES string of the molecule is Cc1[nH]c(/C=C2\C(=O)Nc3ccc(S(=O)Cc4c(Cl)cccc4Cl)cc32)c(C)c1C(=O)N1CCC[C@@H](CN2CCCC2)C1. The van der Waals surface area contributed by atoms with Crippen molar-refractivity contribution in [2.24, 2.45) is 5.92 Å². The summed E-state index contributed by atoms with van der Waals surface area (Å²) in [6.07, 6.45) is 6.52. The molecule has 1 aromatic heterocycles. The highest BCUT2D eigenvalue weighted by Gasteiger charge is 2.31. The topological polar surface area (TPSA) is 85.5 Å². The molecule has 43 heavy (non-hydrogen) atoms. The van der Waals surface area contributed by atoms with Crippen LogP contribution in [-0.2, 0) is 21.3 Å². The summed E-state index contributed by atoms with van der Waals surface area (Å²) in [5, 5.41) is 3.84. The van der Waals surface area contributed by atoms with Crippen molar-refractivity contribution >= 4 is 63.2 Å². The highest BCUT2D eigenvalue weighted by Crippen LogP contribution is 2.36. The highest BCUT2D eigenvalue weighted by atomic mass is 35.5. The number of rotatable bonds is 7. The van der Waals surface area contributed by atoms with E-state index in [2.05, 4.69) is 15.2 Å². The molecule has 0 aliphatic carbocycles. The van der Waals surface area contributed by atoms with Crippen LogP contribution in [0.5, 0.6) is 0 Å². The number of hydrogen-bond acceptors (Lipinski definition) is 4. The van der Waals surface area contributed by atoms with Crippen molar-refractivity contribution in [2.45, 2.75) is 50.2 Å². The van der Waals surface area contributed by atoms with Gasteiger partial charge in [-0.15, -0.1) is 0 Å². The third-order valence-electron chi connectivity index (χ3n) is 8.87. The molecule has 7 nitrogen and oxygen atoms in total. The molecule has 3 aromatic rings. The minimum atomic E-state index is -1.43. The Hall–Kier alpha value is -2.91. The molecule has 2 amide bonds. The van der Waals surface area contributed by atoms with Crippen LogP contribution in [0, 0.1) is 19.8 Å². The number of fused-ring (bicyclic) bond motifs is 1. The van der Waals surface area contributed by atoms with Crippen LogP contribution in [0.2, 0.25) is 10.0 Å². The number of halogens is 2. The van der Waals surface area contributed by atoms with Gasteiger partial charge in [-0.25, -0.2) is 0 Å². The van der Waals surface area contributed by atoms with Crippen molar-refractivity contribution in [2.75, 3.05) is 38.0 Å². The number of anilines is 1. The summed E-state index contributed by atoms with van der Waals surface area (Å²) in [7, 11) is -1.43. The quantitative estimate of drug-likeness (QED) is 0.283. The van der Waals surface area contributed by atoms with Crippen molar-refractivity contribution in [1.82, 2.24) is 14.8 Å². The first-order valence-electron chi connectivity index (χ1n) is 14.9. The molecule has 0 radical (unpaired) electrons. The number of piperidine rings is 1. The fourth-order valence-electron chi connectivity index (χ4n) is 6.61. The van der Waals surface area contributed by atoms with E-state index in [4.69, 9.17) is 23.2 Å². The predicted molar refractivity (Wildman–Crippen MR) is 174 cm³/mol. The zero-order valence-corrected chi connectivity index (χ0v) is 26.8. The van der Waals surface area contributed by atoms with Gasteiger partial charge in [-0.3, -0.25) is 13.8 Å². The second kappa shape index (κ2) is 12.6. The molecular formula is C33H36Cl2N4O3S. The van der Waals surface area contributed by atoms with Crippen LogP contribution in [0.15, 0.2) is 41.3 Å². The standard InChI is InChI=1S/C33H36Cl2N4O3S/c1-20-30(36-21(2)31(20)33(41)39-14-6-7-22(18-39)17-38-12-3-4-13-38)16-25-24-15-23(10-11-29(24)37-32(25)40)43(42)19-26-27(34)8-5-9-28(26)35/h5,8-11,15-16,22,36H,3-4,6-7,12-14,17-19H2,1-2H3,(H,37,40)/b25-16-/t22-,43?/m0/s1. The maximum absolute atomic E-state index is 13.8. The van der Waals surface area contributed by atoms with Gasteiger partial charge >= 0.3 is 0 Å². The molecule has 2 aromatic carbocycles. The van der Waals surface area contributed by atoms with E-state index < -0.39 is 10.8 Å². The van der Waals surface area contributed by atoms with E-state index in [1.807, 2.05) is 18.7 Å². The molecule has 6 rings (SSSR count). The summed E-state index contributed by atoms with van der Waals surface area (Å²) in [6.45, 7) is 8.80. The van der Waals surface area contributed by atoms with Gasteiger partial charge in [0.15, 0.2) is 0 Å². The molecule has 3 aliphatic rings. The maximum atomic E-state index is 13.8. The number of aromatic nitrogens is 1. The fourth-order valence-corrected chi connectivity index (χ4v) is 8.51. The lowest BCUT2D eigenvalue weighted by atomic mass is 9.96. The van der Waals surface area contributed by atoms with E-state index in [1.165, 1.54) is 25.9 Å². The summed E-state index contributed by atoms with van der Waals surface area (Å²) in [5.74, 6) is 0.471. The van der Waals surface area contributed by atoms with Gasteiger partial charge < -0.3 is 20.1 Å². The van der Waals surface area contributed by atoms with E-state index in [0.717, 1.165) is 49.4 Å². The number of nitrogens with one attached hydrogen (secondary N) is 2. The number of H-pyrrole nitrogens is 1. The normalized spacial score (nSPS) is 20.5. The summed E-state index contributed by atoms with van der Waals surface area (Å²) < 4.78 is 13.3. The first kappa shape index (κ1) is 30.1. The summed E-state index contributed by atoms with van der Waals surface area (Å²) in [5.41, 5.74) is 5.42. The van der Waals surface area contributed by atoms with E-state index >= 15 is 0 Å². The lowest BCUT2D eigenvalue weighted by molar-refractivity contribution is -0.110. The predicted octanol–water partition coefficient (Wildman–Crippen LogP) is 6.69. The third kappa shape index (κ3) is 6.21. The number of carbonyl (C=O) groups is 2. The summed E-state index contributed by atoms with van der Waals surface area (Å²) in [4.78, 5) is 35.3. The van der Waals surface area contributed by atoms with Gasteiger partial charge in [-0.2, -0.15) is 0 Å². The van der Waals surface area contributed by atoms with E-state index in [0.29, 0.717) is 48.8 Å². The third-order valence-corrected chi connectivity index (χ3v) is 10.9. The van der Waals surface area contributed by atoms with Crippen LogP contribution in [0.4, 0.5) is 5.69 Å². The number of amides is 2. The molecule has 4 heterocycles. The van der Waals surface area contributed by atoms with Gasteiger partial charge in [0.2, 0.25) is 0 Å². The smallest absolute Gasteiger partial charge is 0.256 e. The monoisotopic (exact) mass is 638 g/mol. The second-order valence-corrected chi connectivity index (χ2v) is 14.1. The molecule has 0 saturated carbocycles. The highest BCUT2D eigenvalue weighted by molar-refractivity contribution is 7.84. The lowest BCUT2D eigenvalue weighted by Gasteiger charge is -2.35. The average Bonchev–Trinajstić information content (AvgIpc) is 3.68. The van der Waals surface area contributed by atoms with Crippen molar-refractivity contribution < 1.29 is 13.8 Å². The number of nitrogens with zero attached hydrogens (tertiary/aromatic N) is 2. The lowest BCUT2D eigenvalue weighted by Crippen LogP contribution is -2.43. The van der Waals surface area contributed by atoms with Crippen LogP contribution in [0.3, 0.4) is 0 Å². The first-order chi connectivity index (χ1) is 20.7. The van der Waals surface area contributed by atoms with Gasteiger partial charge in [0.05, 0.1) is 27.7 Å². The Labute approximate surface area is 265 Å². The Bertz CT molecular complexity index is 1620. The molecule has 2 atom stereocenters. The van der Waals surface area contributed by atoms with Crippen molar-refractivity contribution in [1.29, 1.82) is 0 Å². The van der Waals surface area contributed by atoms with Crippen LogP contribution in [0.1, 0.15) is 64.1 Å². The van der Waals surface area contributed by atoms with Crippen LogP contribution >= 0.6 is 23.2 Å². The van der Waals surface area contributed by atoms with E-state index in [1.54, 1.807) is 42.5 Å². The van der Waals surface area contributed by atoms with Crippen molar-refractivity contribution in [3.63, 3.8) is 0 Å². The Balaban J connectivity index is 1.24. The average molecular weight is 640 g/mol. The zero-order valence-electron chi connectivity index (χ0n) is 24.5. The minimum Gasteiger partial charge on any atom is -0.358 e.